The number of amides is 2. The number of aromatic nitrogens is 4. The van der Waals surface area contributed by atoms with Gasteiger partial charge in [-0.2, -0.15) is 0 Å². The number of carbonyl (C=O) groups is 2. The van der Waals surface area contributed by atoms with Gasteiger partial charge >= 0.3 is 0 Å². The fourth-order valence-electron chi connectivity index (χ4n) is 3.14. The van der Waals surface area contributed by atoms with Crippen LogP contribution in [0.3, 0.4) is 0 Å². The Hall–Kier alpha value is -4.25. The lowest BCUT2D eigenvalue weighted by atomic mass is 10.1. The smallest absolute Gasteiger partial charge is 0.265 e. The van der Waals surface area contributed by atoms with Gasteiger partial charge in [-0.05, 0) is 31.2 Å². The van der Waals surface area contributed by atoms with Gasteiger partial charge in [-0.15, -0.1) is 11.3 Å². The molecule has 0 saturated carbocycles. The van der Waals surface area contributed by atoms with Crippen LogP contribution in [-0.4, -0.2) is 31.9 Å². The number of nitrogens with one attached hydrogen (secondary N) is 2. The van der Waals surface area contributed by atoms with Crippen molar-refractivity contribution in [3.63, 3.8) is 0 Å². The zero-order valence-electron chi connectivity index (χ0n) is 16.0. The lowest BCUT2D eigenvalue weighted by Gasteiger charge is -2.05. The Kier molecular flexibility index (Phi) is 4.37. The highest BCUT2D eigenvalue weighted by Crippen LogP contribution is 2.29. The van der Waals surface area contributed by atoms with Crippen molar-refractivity contribution in [2.75, 3.05) is 5.32 Å². The van der Waals surface area contributed by atoms with Crippen LogP contribution in [0.2, 0.25) is 0 Å². The summed E-state index contributed by atoms with van der Waals surface area (Å²) in [5.74, 6) is -0.452. The third-order valence-electron chi connectivity index (χ3n) is 4.60. The number of carbonyl (C=O) groups excluding carboxylic acids is 2. The maximum Gasteiger partial charge on any atom is 0.265 e. The van der Waals surface area contributed by atoms with Crippen LogP contribution in [0, 0.1) is 6.92 Å². The van der Waals surface area contributed by atoms with E-state index in [1.807, 2.05) is 0 Å². The molecular weight excluding hydrogens is 420 g/mol. The molecule has 5 aromatic rings. The van der Waals surface area contributed by atoms with Crippen LogP contribution >= 0.6 is 11.3 Å². The first-order valence-electron chi connectivity index (χ1n) is 9.06. The summed E-state index contributed by atoms with van der Waals surface area (Å²) in [5, 5.41) is 9.40. The quantitative estimate of drug-likeness (QED) is 0.382. The van der Waals surface area contributed by atoms with Gasteiger partial charge in [0.2, 0.25) is 0 Å². The Labute approximate surface area is 178 Å². The fourth-order valence-corrected chi connectivity index (χ4v) is 3.85. The minimum atomic E-state index is -0.562. The van der Waals surface area contributed by atoms with Gasteiger partial charge in [0.15, 0.2) is 10.9 Å². The molecule has 0 aromatic carbocycles. The number of H-pyrrole nitrogens is 1. The third kappa shape index (κ3) is 3.36. The number of hydrogen-bond donors (Lipinski definition) is 3. The molecule has 0 aliphatic carbocycles. The number of thiazole rings is 1. The van der Waals surface area contributed by atoms with Gasteiger partial charge in [-0.3, -0.25) is 14.9 Å². The van der Waals surface area contributed by atoms with Gasteiger partial charge < -0.3 is 19.7 Å². The lowest BCUT2D eigenvalue weighted by Crippen LogP contribution is -2.13. The summed E-state index contributed by atoms with van der Waals surface area (Å²) < 4.78 is 10.7. The molecule has 154 valence electrons. The maximum atomic E-state index is 13.1. The van der Waals surface area contributed by atoms with Gasteiger partial charge in [-0.1, -0.05) is 5.16 Å². The van der Waals surface area contributed by atoms with E-state index >= 15 is 0 Å². The second kappa shape index (κ2) is 7.22. The van der Waals surface area contributed by atoms with Crippen molar-refractivity contribution in [3.8, 4) is 22.7 Å². The minimum Gasteiger partial charge on any atom is -0.463 e. The molecule has 0 spiro atoms. The summed E-state index contributed by atoms with van der Waals surface area (Å²) in [4.78, 5) is 36.0. The first kappa shape index (κ1) is 18.8. The molecule has 0 fully saturated rings. The number of aromatic amines is 1. The van der Waals surface area contributed by atoms with E-state index in [0.29, 0.717) is 44.5 Å². The predicted molar refractivity (Wildman–Crippen MR) is 113 cm³/mol. The van der Waals surface area contributed by atoms with Crippen molar-refractivity contribution in [2.45, 2.75) is 6.92 Å². The second-order valence-electron chi connectivity index (χ2n) is 6.64. The van der Waals surface area contributed by atoms with Gasteiger partial charge in [0.1, 0.15) is 11.4 Å². The van der Waals surface area contributed by atoms with Crippen LogP contribution in [0.5, 0.6) is 0 Å². The number of furan rings is 1. The predicted octanol–water partition coefficient (Wildman–Crippen LogP) is 3.59. The molecule has 0 bridgehead atoms. The van der Waals surface area contributed by atoms with Crippen LogP contribution in [0.25, 0.3) is 33.8 Å². The molecule has 5 rings (SSSR count). The zero-order valence-corrected chi connectivity index (χ0v) is 16.8. The molecule has 11 heteroatoms. The number of pyridine rings is 1. The molecule has 5 aromatic heterocycles. The van der Waals surface area contributed by atoms with Crippen molar-refractivity contribution in [1.29, 1.82) is 0 Å². The molecule has 0 aliphatic heterocycles. The largest absolute Gasteiger partial charge is 0.463 e. The summed E-state index contributed by atoms with van der Waals surface area (Å²) in [7, 11) is 0. The van der Waals surface area contributed by atoms with Gasteiger partial charge in [0, 0.05) is 17.1 Å². The Morgan fingerprint density at radius 1 is 1.23 bits per heavy atom. The highest BCUT2D eigenvalue weighted by atomic mass is 32.1. The number of aryl methyl sites for hydroxylation is 1. The molecular formula is C20H14N6O4S. The van der Waals surface area contributed by atoms with Crippen LogP contribution < -0.4 is 11.1 Å². The number of anilines is 1. The number of rotatable bonds is 5. The average Bonchev–Trinajstić information content (AvgIpc) is 3.54. The highest BCUT2D eigenvalue weighted by molar-refractivity contribution is 7.14. The van der Waals surface area contributed by atoms with Crippen molar-refractivity contribution in [1.82, 2.24) is 20.1 Å². The van der Waals surface area contributed by atoms with Gasteiger partial charge in [0.05, 0.1) is 28.6 Å². The van der Waals surface area contributed by atoms with E-state index < -0.39 is 5.91 Å². The topological polar surface area (TPSA) is 153 Å². The molecule has 0 unspecified atom stereocenters. The average molecular weight is 434 g/mol. The molecule has 2 amide bonds. The lowest BCUT2D eigenvalue weighted by molar-refractivity contribution is 0.0994. The Morgan fingerprint density at radius 3 is 2.84 bits per heavy atom. The minimum absolute atomic E-state index is 0.239. The van der Waals surface area contributed by atoms with Crippen molar-refractivity contribution in [3.05, 3.63) is 59.1 Å². The summed E-state index contributed by atoms with van der Waals surface area (Å²) in [6, 6.07) is 6.70. The standard InChI is InChI=1S/C20H14N6O4S/c1-9-16-11(6-12(15-3-2-4-29-15)23-19(16)30-26-9)18(28)25-20-24-14(8-31-20)10-5-13(17(21)27)22-7-10/h2-8,22H,1H3,(H2,21,27)(H,24,25,28). The maximum absolute atomic E-state index is 13.1. The summed E-state index contributed by atoms with van der Waals surface area (Å²) >= 11 is 1.25. The first-order chi connectivity index (χ1) is 15.0. The molecule has 0 saturated heterocycles. The van der Waals surface area contributed by atoms with Crippen molar-refractivity contribution in [2.24, 2.45) is 5.73 Å². The second-order valence-corrected chi connectivity index (χ2v) is 7.50. The Morgan fingerprint density at radius 2 is 2.10 bits per heavy atom. The van der Waals surface area contributed by atoms with E-state index in [2.05, 4.69) is 25.4 Å². The molecule has 0 atom stereocenters. The number of fused-ring (bicyclic) bond motifs is 1. The molecule has 10 nitrogen and oxygen atoms in total. The van der Waals surface area contributed by atoms with E-state index in [9.17, 15) is 9.59 Å². The van der Waals surface area contributed by atoms with Crippen LogP contribution in [0.1, 0.15) is 26.5 Å². The van der Waals surface area contributed by atoms with Crippen LogP contribution in [0.15, 0.2) is 51.0 Å². The van der Waals surface area contributed by atoms with Crippen molar-refractivity contribution >= 4 is 39.4 Å². The van der Waals surface area contributed by atoms with Gasteiger partial charge in [0.25, 0.3) is 17.5 Å². The summed E-state index contributed by atoms with van der Waals surface area (Å²) in [6.45, 7) is 1.74. The fraction of sp³-hybridized carbons (Fsp3) is 0.0500. The van der Waals surface area contributed by atoms with Crippen LogP contribution in [0.4, 0.5) is 5.13 Å². The van der Waals surface area contributed by atoms with Gasteiger partial charge in [-0.25, -0.2) is 9.97 Å². The summed E-state index contributed by atoms with van der Waals surface area (Å²) in [6.07, 6.45) is 3.15. The number of nitrogens with zero attached hydrogens (tertiary/aromatic N) is 3. The van der Waals surface area contributed by atoms with E-state index in [1.165, 1.54) is 17.6 Å². The third-order valence-corrected chi connectivity index (χ3v) is 5.36. The number of nitrogens with two attached hydrogens (primary N) is 1. The van der Waals surface area contributed by atoms with Crippen LogP contribution in [-0.2, 0) is 0 Å². The molecule has 0 radical (unpaired) electrons. The SMILES string of the molecule is Cc1noc2nc(-c3ccco3)cc(C(=O)Nc3nc(-c4c[nH]c(C(N)=O)c4)cs3)c12. The van der Waals surface area contributed by atoms with E-state index in [1.54, 1.807) is 42.8 Å². The monoisotopic (exact) mass is 434 g/mol. The van der Waals surface area contributed by atoms with Crippen molar-refractivity contribution < 1.29 is 18.5 Å². The van der Waals surface area contributed by atoms with E-state index in [0.717, 1.165) is 0 Å². The zero-order chi connectivity index (χ0) is 21.5. The number of primary amides is 1. The molecule has 0 aliphatic rings. The van der Waals surface area contributed by atoms with E-state index in [4.69, 9.17) is 14.7 Å². The molecule has 31 heavy (non-hydrogen) atoms. The normalized spacial score (nSPS) is 11.1. The Balaban J connectivity index is 1.47. The summed E-state index contributed by atoms with van der Waals surface area (Å²) in [5.41, 5.74) is 8.40. The van der Waals surface area contributed by atoms with E-state index in [-0.39, 0.29) is 17.3 Å². The molecule has 5 heterocycles. The highest BCUT2D eigenvalue weighted by Gasteiger charge is 2.21. The first-order valence-corrected chi connectivity index (χ1v) is 9.94. The number of hydrogen-bond acceptors (Lipinski definition) is 8. The molecule has 4 N–H and O–H groups in total. The Bertz CT molecular complexity index is 1430.